The SMILES string of the molecule is COc1cc(C)c(N(C)CC(O)CN)cc1C. The maximum Gasteiger partial charge on any atom is 0.122 e. The lowest BCUT2D eigenvalue weighted by Gasteiger charge is -2.24. The lowest BCUT2D eigenvalue weighted by molar-refractivity contribution is 0.189. The first kappa shape index (κ1) is 13.8. The minimum Gasteiger partial charge on any atom is -0.496 e. The number of anilines is 1. The standard InChI is InChI=1S/C13H22N2O2/c1-9-6-13(17-4)10(2)5-12(9)15(3)8-11(16)7-14/h5-6,11,16H,7-8,14H2,1-4H3. The number of rotatable bonds is 5. The molecule has 0 fully saturated rings. The highest BCUT2D eigenvalue weighted by Crippen LogP contribution is 2.28. The molecule has 96 valence electrons. The molecule has 1 aromatic carbocycles. The topological polar surface area (TPSA) is 58.7 Å². The molecule has 0 radical (unpaired) electrons. The summed E-state index contributed by atoms with van der Waals surface area (Å²) in [5.41, 5.74) is 8.72. The Morgan fingerprint density at radius 3 is 2.53 bits per heavy atom. The number of benzene rings is 1. The number of ether oxygens (including phenoxy) is 1. The highest BCUT2D eigenvalue weighted by atomic mass is 16.5. The largest absolute Gasteiger partial charge is 0.496 e. The second-order valence-electron chi connectivity index (χ2n) is 4.38. The molecule has 0 aliphatic carbocycles. The van der Waals surface area contributed by atoms with Crippen molar-refractivity contribution in [2.24, 2.45) is 5.73 Å². The molecule has 1 rings (SSSR count). The van der Waals surface area contributed by atoms with Gasteiger partial charge < -0.3 is 20.5 Å². The van der Waals surface area contributed by atoms with E-state index in [1.165, 1.54) is 0 Å². The summed E-state index contributed by atoms with van der Waals surface area (Å²) in [6, 6.07) is 4.08. The fraction of sp³-hybridized carbons (Fsp3) is 0.538. The molecule has 4 heteroatoms. The van der Waals surface area contributed by atoms with Gasteiger partial charge in [0.25, 0.3) is 0 Å². The van der Waals surface area contributed by atoms with E-state index in [0.717, 1.165) is 22.6 Å². The Morgan fingerprint density at radius 2 is 2.00 bits per heavy atom. The molecular formula is C13H22N2O2. The molecule has 0 heterocycles. The van der Waals surface area contributed by atoms with Crippen LogP contribution in [0.25, 0.3) is 0 Å². The Labute approximate surface area is 103 Å². The zero-order valence-electron chi connectivity index (χ0n) is 11.0. The molecule has 0 aliphatic heterocycles. The third kappa shape index (κ3) is 3.35. The van der Waals surface area contributed by atoms with Gasteiger partial charge in [0.2, 0.25) is 0 Å². The van der Waals surface area contributed by atoms with Crippen molar-refractivity contribution in [1.82, 2.24) is 0 Å². The van der Waals surface area contributed by atoms with Crippen molar-refractivity contribution in [1.29, 1.82) is 0 Å². The first-order valence-corrected chi connectivity index (χ1v) is 5.74. The summed E-state index contributed by atoms with van der Waals surface area (Å²) in [7, 11) is 3.62. The molecule has 0 aliphatic rings. The molecule has 0 bridgehead atoms. The van der Waals surface area contributed by atoms with Crippen LogP contribution in [0.3, 0.4) is 0 Å². The summed E-state index contributed by atoms with van der Waals surface area (Å²) in [5.74, 6) is 0.888. The summed E-state index contributed by atoms with van der Waals surface area (Å²) < 4.78 is 5.27. The van der Waals surface area contributed by atoms with Crippen LogP contribution in [-0.2, 0) is 0 Å². The molecule has 0 saturated carbocycles. The first-order valence-electron chi connectivity index (χ1n) is 5.74. The first-order chi connectivity index (χ1) is 7.99. The lowest BCUT2D eigenvalue weighted by atomic mass is 10.1. The number of aliphatic hydroxyl groups excluding tert-OH is 1. The van der Waals surface area contributed by atoms with Crippen molar-refractivity contribution < 1.29 is 9.84 Å². The zero-order valence-corrected chi connectivity index (χ0v) is 11.0. The van der Waals surface area contributed by atoms with Crippen molar-refractivity contribution in [3.05, 3.63) is 23.3 Å². The van der Waals surface area contributed by atoms with Crippen molar-refractivity contribution >= 4 is 5.69 Å². The lowest BCUT2D eigenvalue weighted by Crippen LogP contribution is -2.34. The van der Waals surface area contributed by atoms with Crippen molar-refractivity contribution in [2.75, 3.05) is 32.1 Å². The highest BCUT2D eigenvalue weighted by Gasteiger charge is 2.11. The van der Waals surface area contributed by atoms with Crippen LogP contribution in [0.5, 0.6) is 5.75 Å². The molecule has 3 N–H and O–H groups in total. The van der Waals surface area contributed by atoms with E-state index in [-0.39, 0.29) is 6.54 Å². The Morgan fingerprint density at radius 1 is 1.35 bits per heavy atom. The number of nitrogens with zero attached hydrogens (tertiary/aromatic N) is 1. The molecule has 0 spiro atoms. The number of hydrogen-bond acceptors (Lipinski definition) is 4. The van der Waals surface area contributed by atoms with Gasteiger partial charge in [-0.3, -0.25) is 0 Å². The van der Waals surface area contributed by atoms with Gasteiger partial charge in [0, 0.05) is 25.8 Å². The van der Waals surface area contributed by atoms with Gasteiger partial charge in [-0.1, -0.05) is 0 Å². The van der Waals surface area contributed by atoms with E-state index in [0.29, 0.717) is 6.54 Å². The van der Waals surface area contributed by atoms with Gasteiger partial charge >= 0.3 is 0 Å². The average Bonchev–Trinajstić information content (AvgIpc) is 2.31. The maximum absolute atomic E-state index is 9.56. The average molecular weight is 238 g/mol. The number of hydrogen-bond donors (Lipinski definition) is 2. The molecule has 4 nitrogen and oxygen atoms in total. The quantitative estimate of drug-likeness (QED) is 0.805. The second-order valence-corrected chi connectivity index (χ2v) is 4.38. The molecule has 1 atom stereocenters. The van der Waals surface area contributed by atoms with Gasteiger partial charge in [-0.05, 0) is 37.1 Å². The van der Waals surface area contributed by atoms with Crippen LogP contribution in [0, 0.1) is 13.8 Å². The molecule has 0 aromatic heterocycles. The van der Waals surface area contributed by atoms with E-state index in [1.807, 2.05) is 31.9 Å². The molecular weight excluding hydrogens is 216 g/mol. The minimum absolute atomic E-state index is 0.276. The van der Waals surface area contributed by atoms with Gasteiger partial charge in [0.05, 0.1) is 13.2 Å². The Bertz CT molecular complexity index is 380. The number of aryl methyl sites for hydroxylation is 2. The molecule has 1 aromatic rings. The number of likely N-dealkylation sites (N-methyl/N-ethyl adjacent to an activating group) is 1. The number of nitrogens with two attached hydrogens (primary N) is 1. The van der Waals surface area contributed by atoms with Crippen molar-refractivity contribution in [2.45, 2.75) is 20.0 Å². The van der Waals surface area contributed by atoms with Crippen molar-refractivity contribution in [3.8, 4) is 5.75 Å². The summed E-state index contributed by atoms with van der Waals surface area (Å²) in [4.78, 5) is 2.01. The van der Waals surface area contributed by atoms with Gasteiger partial charge in [0.15, 0.2) is 0 Å². The van der Waals surface area contributed by atoms with Crippen LogP contribution in [0.15, 0.2) is 12.1 Å². The number of methoxy groups -OCH3 is 1. The predicted octanol–water partition coefficient (Wildman–Crippen LogP) is 1.07. The van der Waals surface area contributed by atoms with E-state index in [2.05, 4.69) is 6.07 Å². The number of aliphatic hydroxyl groups is 1. The predicted molar refractivity (Wildman–Crippen MR) is 70.8 cm³/mol. The van der Waals surface area contributed by atoms with Gasteiger partial charge in [-0.2, -0.15) is 0 Å². The molecule has 17 heavy (non-hydrogen) atoms. The van der Waals surface area contributed by atoms with Gasteiger partial charge in [-0.15, -0.1) is 0 Å². The van der Waals surface area contributed by atoms with E-state index in [9.17, 15) is 5.11 Å². The van der Waals surface area contributed by atoms with Gasteiger partial charge in [-0.25, -0.2) is 0 Å². The van der Waals surface area contributed by atoms with Crippen LogP contribution in [0.1, 0.15) is 11.1 Å². The van der Waals surface area contributed by atoms with E-state index in [4.69, 9.17) is 10.5 Å². The monoisotopic (exact) mass is 238 g/mol. The fourth-order valence-electron chi connectivity index (χ4n) is 1.89. The Hall–Kier alpha value is -1.26. The molecule has 1 unspecified atom stereocenters. The summed E-state index contributed by atoms with van der Waals surface area (Å²) in [5, 5.41) is 9.56. The minimum atomic E-state index is -0.498. The summed E-state index contributed by atoms with van der Waals surface area (Å²) in [6.45, 7) is 4.85. The third-order valence-corrected chi connectivity index (χ3v) is 2.88. The van der Waals surface area contributed by atoms with Crippen LogP contribution < -0.4 is 15.4 Å². The van der Waals surface area contributed by atoms with Gasteiger partial charge in [0.1, 0.15) is 5.75 Å². The highest BCUT2D eigenvalue weighted by molar-refractivity contribution is 5.58. The van der Waals surface area contributed by atoms with Crippen LogP contribution >= 0.6 is 0 Å². The summed E-state index contributed by atoms with van der Waals surface area (Å²) in [6.07, 6.45) is -0.498. The van der Waals surface area contributed by atoms with E-state index < -0.39 is 6.10 Å². The van der Waals surface area contributed by atoms with Crippen LogP contribution in [-0.4, -0.2) is 38.5 Å². The smallest absolute Gasteiger partial charge is 0.122 e. The normalized spacial score (nSPS) is 12.4. The molecule has 0 amide bonds. The zero-order chi connectivity index (χ0) is 13.0. The fourth-order valence-corrected chi connectivity index (χ4v) is 1.89. The summed E-state index contributed by atoms with van der Waals surface area (Å²) >= 11 is 0. The van der Waals surface area contributed by atoms with Crippen LogP contribution in [0.4, 0.5) is 5.69 Å². The third-order valence-electron chi connectivity index (χ3n) is 2.88. The van der Waals surface area contributed by atoms with Crippen molar-refractivity contribution in [3.63, 3.8) is 0 Å². The van der Waals surface area contributed by atoms with E-state index >= 15 is 0 Å². The van der Waals surface area contributed by atoms with Crippen LogP contribution in [0.2, 0.25) is 0 Å². The van der Waals surface area contributed by atoms with E-state index in [1.54, 1.807) is 7.11 Å². The maximum atomic E-state index is 9.56. The Balaban J connectivity index is 2.94. The second kappa shape index (κ2) is 5.89. The molecule has 0 saturated heterocycles. The Kier molecular flexibility index (Phi) is 4.78.